The van der Waals surface area contributed by atoms with Gasteiger partial charge in [0.15, 0.2) is 0 Å². The minimum absolute atomic E-state index is 0.00851. The number of phenols is 1. The van der Waals surface area contributed by atoms with Crippen molar-refractivity contribution in [3.8, 4) is 5.75 Å². The van der Waals surface area contributed by atoms with Gasteiger partial charge >= 0.3 is 0 Å². The smallest absolute Gasteiger partial charge is 0.135 e. The van der Waals surface area contributed by atoms with Crippen LogP contribution < -0.4 is 0 Å². The second-order valence-corrected chi connectivity index (χ2v) is 7.47. The van der Waals surface area contributed by atoms with Gasteiger partial charge in [-0.25, -0.2) is 0 Å². The lowest BCUT2D eigenvalue weighted by atomic mass is 9.73. The van der Waals surface area contributed by atoms with Crippen LogP contribution in [0.3, 0.4) is 0 Å². The Bertz CT molecular complexity index is 455. The number of Topliss-reactive ketones (excluding diaryl/α,β-unsaturated/α-hetero) is 1. The van der Waals surface area contributed by atoms with Crippen LogP contribution >= 0.6 is 0 Å². The Morgan fingerprint density at radius 2 is 1.77 bits per heavy atom. The normalized spacial score (nSPS) is 13.4. The Morgan fingerprint density at radius 1 is 1.18 bits per heavy atom. The van der Waals surface area contributed by atoms with Crippen LogP contribution in [-0.2, 0) is 9.53 Å². The van der Waals surface area contributed by atoms with E-state index in [1.807, 2.05) is 12.1 Å². The van der Waals surface area contributed by atoms with E-state index in [4.69, 9.17) is 4.74 Å². The number of hydrogen-bond donors (Lipinski definition) is 1. The summed E-state index contributed by atoms with van der Waals surface area (Å²) in [6.45, 7) is 11.8. The van der Waals surface area contributed by atoms with E-state index >= 15 is 0 Å². The molecule has 0 saturated carbocycles. The molecule has 0 fully saturated rings. The first-order valence-electron chi connectivity index (χ1n) is 8.08. The van der Waals surface area contributed by atoms with Gasteiger partial charge < -0.3 is 9.84 Å². The number of benzene rings is 1. The van der Waals surface area contributed by atoms with Gasteiger partial charge in [0.1, 0.15) is 11.5 Å². The average molecular weight is 306 g/mol. The molecule has 0 aliphatic rings. The van der Waals surface area contributed by atoms with E-state index in [1.165, 1.54) is 0 Å². The first-order chi connectivity index (χ1) is 10.2. The average Bonchev–Trinajstić information content (AvgIpc) is 2.41. The molecule has 124 valence electrons. The summed E-state index contributed by atoms with van der Waals surface area (Å²) in [5.74, 6) is 1.13. The van der Waals surface area contributed by atoms with Crippen LogP contribution in [0.5, 0.6) is 5.75 Å². The van der Waals surface area contributed by atoms with E-state index in [1.54, 1.807) is 12.1 Å². The first-order valence-corrected chi connectivity index (χ1v) is 8.08. The summed E-state index contributed by atoms with van der Waals surface area (Å²) >= 11 is 0. The molecule has 0 aromatic heterocycles. The van der Waals surface area contributed by atoms with Crippen LogP contribution in [0.2, 0.25) is 0 Å². The maximum absolute atomic E-state index is 12.3. The van der Waals surface area contributed by atoms with Crippen molar-refractivity contribution in [2.75, 3.05) is 13.2 Å². The van der Waals surface area contributed by atoms with Gasteiger partial charge in [-0.15, -0.1) is 0 Å². The highest BCUT2D eigenvalue weighted by molar-refractivity contribution is 5.79. The van der Waals surface area contributed by atoms with Crippen LogP contribution in [0.4, 0.5) is 0 Å². The van der Waals surface area contributed by atoms with Crippen LogP contribution in [-0.4, -0.2) is 24.1 Å². The van der Waals surface area contributed by atoms with Crippen molar-refractivity contribution < 1.29 is 14.6 Å². The molecule has 0 spiro atoms. The molecule has 3 heteroatoms. The molecule has 0 aliphatic carbocycles. The molecular formula is C19H30O3. The van der Waals surface area contributed by atoms with Crippen molar-refractivity contribution >= 4 is 5.78 Å². The Balaban J connectivity index is 2.62. The standard InChI is InChI=1S/C19H30O3/c1-14(2)13-22-11-10-17(21)12-18(19(3,4)5)15-6-8-16(20)9-7-15/h6-9,14,18,20H,10-13H2,1-5H3. The third-order valence-corrected chi connectivity index (χ3v) is 3.75. The van der Waals surface area contributed by atoms with Crippen LogP contribution in [0.15, 0.2) is 24.3 Å². The highest BCUT2D eigenvalue weighted by Crippen LogP contribution is 2.38. The summed E-state index contributed by atoms with van der Waals surface area (Å²) in [6.07, 6.45) is 0.983. The number of ether oxygens (including phenoxy) is 1. The van der Waals surface area contributed by atoms with Crippen LogP contribution in [0.25, 0.3) is 0 Å². The number of rotatable bonds is 8. The van der Waals surface area contributed by atoms with Crippen LogP contribution in [0, 0.1) is 11.3 Å². The Labute approximate surface area is 134 Å². The lowest BCUT2D eigenvalue weighted by Gasteiger charge is -2.31. The number of hydrogen-bond acceptors (Lipinski definition) is 3. The van der Waals surface area contributed by atoms with Gasteiger partial charge in [-0.3, -0.25) is 4.79 Å². The van der Waals surface area contributed by atoms with Gasteiger partial charge in [-0.05, 0) is 34.9 Å². The van der Waals surface area contributed by atoms with Crippen molar-refractivity contribution in [2.24, 2.45) is 11.3 Å². The van der Waals surface area contributed by atoms with Gasteiger partial charge in [0, 0.05) is 19.4 Å². The van der Waals surface area contributed by atoms with E-state index in [0.717, 1.165) is 5.56 Å². The zero-order valence-electron chi connectivity index (χ0n) is 14.6. The fourth-order valence-electron chi connectivity index (χ4n) is 2.47. The molecule has 0 aliphatic heterocycles. The van der Waals surface area contributed by atoms with Crippen molar-refractivity contribution in [3.05, 3.63) is 29.8 Å². The van der Waals surface area contributed by atoms with E-state index in [-0.39, 0.29) is 22.9 Å². The van der Waals surface area contributed by atoms with Crippen molar-refractivity contribution in [3.63, 3.8) is 0 Å². The van der Waals surface area contributed by atoms with Crippen LogP contribution in [0.1, 0.15) is 58.9 Å². The van der Waals surface area contributed by atoms with Crippen molar-refractivity contribution in [2.45, 2.75) is 53.4 Å². The molecule has 0 bridgehead atoms. The molecule has 22 heavy (non-hydrogen) atoms. The maximum Gasteiger partial charge on any atom is 0.135 e. The predicted molar refractivity (Wildman–Crippen MR) is 90.2 cm³/mol. The Hall–Kier alpha value is -1.35. The van der Waals surface area contributed by atoms with Gasteiger partial charge in [0.25, 0.3) is 0 Å². The third-order valence-electron chi connectivity index (χ3n) is 3.75. The molecule has 0 saturated heterocycles. The number of phenolic OH excluding ortho intramolecular Hbond substituents is 1. The zero-order chi connectivity index (χ0) is 16.8. The van der Waals surface area contributed by atoms with Gasteiger partial charge in [0.05, 0.1) is 6.61 Å². The van der Waals surface area contributed by atoms with Crippen molar-refractivity contribution in [1.29, 1.82) is 0 Å². The molecule has 1 rings (SSSR count). The molecule has 3 nitrogen and oxygen atoms in total. The molecule has 1 atom stereocenters. The summed E-state index contributed by atoms with van der Waals surface area (Å²) in [7, 11) is 0. The Kier molecular flexibility index (Phi) is 7.08. The van der Waals surface area contributed by atoms with E-state index in [2.05, 4.69) is 34.6 Å². The lowest BCUT2D eigenvalue weighted by Crippen LogP contribution is -2.22. The largest absolute Gasteiger partial charge is 0.508 e. The molecular weight excluding hydrogens is 276 g/mol. The summed E-state index contributed by atoms with van der Waals surface area (Å²) in [4.78, 5) is 12.3. The van der Waals surface area contributed by atoms with Gasteiger partial charge in [-0.2, -0.15) is 0 Å². The lowest BCUT2D eigenvalue weighted by molar-refractivity contribution is -0.121. The number of ketones is 1. The number of carbonyl (C=O) groups is 1. The minimum Gasteiger partial charge on any atom is -0.508 e. The highest BCUT2D eigenvalue weighted by atomic mass is 16.5. The number of carbonyl (C=O) groups excluding carboxylic acids is 1. The van der Waals surface area contributed by atoms with Gasteiger partial charge in [0.2, 0.25) is 0 Å². The maximum atomic E-state index is 12.3. The molecule has 1 N–H and O–H groups in total. The van der Waals surface area contributed by atoms with E-state index in [0.29, 0.717) is 32.0 Å². The molecule has 1 unspecified atom stereocenters. The van der Waals surface area contributed by atoms with Gasteiger partial charge in [-0.1, -0.05) is 46.8 Å². The zero-order valence-corrected chi connectivity index (χ0v) is 14.6. The first kappa shape index (κ1) is 18.7. The highest BCUT2D eigenvalue weighted by Gasteiger charge is 2.28. The second-order valence-electron chi connectivity index (χ2n) is 7.47. The third kappa shape index (κ3) is 6.61. The molecule has 1 aromatic carbocycles. The summed E-state index contributed by atoms with van der Waals surface area (Å²) < 4.78 is 5.50. The monoisotopic (exact) mass is 306 g/mol. The quantitative estimate of drug-likeness (QED) is 0.717. The SMILES string of the molecule is CC(C)COCCC(=O)CC(c1ccc(O)cc1)C(C)(C)C. The topological polar surface area (TPSA) is 46.5 Å². The van der Waals surface area contributed by atoms with E-state index < -0.39 is 0 Å². The molecule has 0 amide bonds. The fraction of sp³-hybridized carbons (Fsp3) is 0.632. The summed E-state index contributed by atoms with van der Waals surface area (Å²) in [5, 5.41) is 9.43. The molecule has 0 radical (unpaired) electrons. The summed E-state index contributed by atoms with van der Waals surface area (Å²) in [5.41, 5.74) is 1.09. The van der Waals surface area contributed by atoms with E-state index in [9.17, 15) is 9.90 Å². The molecule has 1 aromatic rings. The predicted octanol–water partition coefficient (Wildman–Crippen LogP) is 4.54. The van der Waals surface area contributed by atoms with Crippen molar-refractivity contribution in [1.82, 2.24) is 0 Å². The number of aromatic hydroxyl groups is 1. The second kappa shape index (κ2) is 8.33. The molecule has 0 heterocycles. The summed E-state index contributed by atoms with van der Waals surface area (Å²) in [6, 6.07) is 7.19. The Morgan fingerprint density at radius 3 is 2.27 bits per heavy atom. The minimum atomic E-state index is -0.00851. The fourth-order valence-corrected chi connectivity index (χ4v) is 2.47.